The van der Waals surface area contributed by atoms with Crippen LogP contribution in [0.1, 0.15) is 0 Å². The van der Waals surface area contributed by atoms with Crippen molar-refractivity contribution in [2.24, 2.45) is 0 Å². The van der Waals surface area contributed by atoms with Crippen molar-refractivity contribution in [2.75, 3.05) is 6.79 Å². The summed E-state index contributed by atoms with van der Waals surface area (Å²) in [5, 5.41) is 16.8. The maximum absolute atomic E-state index is 8.38. The van der Waals surface area contributed by atoms with Crippen LogP contribution < -0.4 is 10.2 Å². The van der Waals surface area contributed by atoms with Crippen molar-refractivity contribution in [1.29, 1.82) is 0 Å². The minimum Gasteiger partial charge on any atom is -0.868 e. The van der Waals surface area contributed by atoms with Crippen LogP contribution in [-0.2, 0) is 0 Å². The Balaban J connectivity index is 0. The quantitative estimate of drug-likeness (QED) is 0.230. The average molecular weight is 70.3 g/mol. The Morgan fingerprint density at radius 2 is 1.25 bits per heavy atom. The van der Waals surface area contributed by atoms with Gasteiger partial charge in [-0.1, -0.05) is 0 Å². The third-order valence-corrected chi connectivity index (χ3v) is 0. The van der Waals surface area contributed by atoms with Crippen molar-refractivity contribution < 1.29 is 10.2 Å². The molecule has 0 fully saturated rings. The molecule has 4 heavy (non-hydrogen) atoms. The van der Waals surface area contributed by atoms with Gasteiger partial charge in [-0.15, -0.1) is 0 Å². The summed E-state index contributed by atoms with van der Waals surface area (Å²) in [5.74, 6) is 0. The fourth-order valence-corrected chi connectivity index (χ4v) is 0. The molecule has 0 saturated heterocycles. The summed E-state index contributed by atoms with van der Waals surface area (Å²) < 4.78 is 0. The number of hydrogen-bond donors (Lipinski definition) is 0. The molecule has 0 unspecified atom stereocenters. The standard InChI is InChI=1S/CH2O2.Mg/c2-1-3;/h1H2;/q-2;+2. The maximum atomic E-state index is 8.38. The summed E-state index contributed by atoms with van der Waals surface area (Å²) >= 11 is 0. The van der Waals surface area contributed by atoms with Gasteiger partial charge in [0.1, 0.15) is 0 Å². The van der Waals surface area contributed by atoms with Gasteiger partial charge in [-0.25, -0.2) is 6.79 Å². The van der Waals surface area contributed by atoms with E-state index < -0.39 is 6.79 Å². The molecule has 0 aliphatic rings. The van der Waals surface area contributed by atoms with E-state index in [9.17, 15) is 0 Å². The van der Waals surface area contributed by atoms with Crippen molar-refractivity contribution >= 4 is 23.1 Å². The summed E-state index contributed by atoms with van der Waals surface area (Å²) in [6.07, 6.45) is 0. The molecule has 0 spiro atoms. The first kappa shape index (κ1) is 8.82. The van der Waals surface area contributed by atoms with Gasteiger partial charge >= 0.3 is 23.1 Å². The molecule has 2 nitrogen and oxygen atoms in total. The van der Waals surface area contributed by atoms with Gasteiger partial charge in [0.15, 0.2) is 0 Å². The molecule has 0 aromatic heterocycles. The monoisotopic (exact) mass is 70.0 g/mol. The molecule has 20 valence electrons. The van der Waals surface area contributed by atoms with Gasteiger partial charge in [0, 0.05) is 0 Å². The molecule has 0 aliphatic carbocycles. The van der Waals surface area contributed by atoms with Gasteiger partial charge in [-0.2, -0.15) is 0 Å². The van der Waals surface area contributed by atoms with Crippen LogP contribution in [0, 0.1) is 0 Å². The molecule has 0 saturated carbocycles. The summed E-state index contributed by atoms with van der Waals surface area (Å²) in [4.78, 5) is 0. The molecule has 0 atom stereocenters. The van der Waals surface area contributed by atoms with E-state index in [1.54, 1.807) is 0 Å². The predicted octanol–water partition coefficient (Wildman–Crippen LogP) is -2.72. The molecule has 0 radical (unpaired) electrons. The molecule has 0 aromatic carbocycles. The molecule has 0 rings (SSSR count). The zero-order valence-electron chi connectivity index (χ0n) is 2.23. The van der Waals surface area contributed by atoms with Crippen LogP contribution in [0.2, 0.25) is 0 Å². The van der Waals surface area contributed by atoms with E-state index in [0.29, 0.717) is 0 Å². The summed E-state index contributed by atoms with van der Waals surface area (Å²) in [5.41, 5.74) is 0. The Morgan fingerprint density at radius 3 is 1.25 bits per heavy atom. The molecule has 0 aliphatic heterocycles. The summed E-state index contributed by atoms with van der Waals surface area (Å²) in [6, 6.07) is 0. The Labute approximate surface area is 40.6 Å². The fraction of sp³-hybridized carbons (Fsp3) is 1.00. The largest absolute Gasteiger partial charge is 2.00 e. The van der Waals surface area contributed by atoms with E-state index in [0.717, 1.165) is 0 Å². The Morgan fingerprint density at radius 1 is 1.25 bits per heavy atom. The molecular weight excluding hydrogens is 68.3 g/mol. The van der Waals surface area contributed by atoms with Gasteiger partial charge in [0.25, 0.3) is 0 Å². The third kappa shape index (κ3) is 16.2. The van der Waals surface area contributed by atoms with Crippen LogP contribution >= 0.6 is 0 Å². The average Bonchev–Trinajstić information content (AvgIpc) is 0.918. The van der Waals surface area contributed by atoms with Crippen LogP contribution in [0.15, 0.2) is 0 Å². The molecule has 3 heteroatoms. The first-order chi connectivity index (χ1) is 1.41. The smallest absolute Gasteiger partial charge is 0.868 e. The second-order valence-electron chi connectivity index (χ2n) is 0.118. The Kier molecular flexibility index (Phi) is 20.6. The first-order valence-electron chi connectivity index (χ1n) is 0.577. The van der Waals surface area contributed by atoms with Crippen LogP contribution in [0.5, 0.6) is 0 Å². The molecule has 0 N–H and O–H groups in total. The molecule has 0 amide bonds. The van der Waals surface area contributed by atoms with E-state index in [-0.39, 0.29) is 23.1 Å². The zero-order valence-corrected chi connectivity index (χ0v) is 3.64. The zero-order chi connectivity index (χ0) is 2.71. The third-order valence-electron chi connectivity index (χ3n) is 0. The Hall–Kier alpha value is 0.686. The van der Waals surface area contributed by atoms with Crippen molar-refractivity contribution in [1.82, 2.24) is 0 Å². The van der Waals surface area contributed by atoms with Crippen LogP contribution in [0.25, 0.3) is 0 Å². The van der Waals surface area contributed by atoms with E-state index in [1.165, 1.54) is 0 Å². The normalized spacial score (nSPS) is 4.50. The molecule has 0 aromatic rings. The van der Waals surface area contributed by atoms with E-state index in [1.807, 2.05) is 0 Å². The maximum Gasteiger partial charge on any atom is 2.00 e. The van der Waals surface area contributed by atoms with Crippen molar-refractivity contribution in [2.45, 2.75) is 0 Å². The molecular formula is CH2MgO2. The number of hydrogen-bond acceptors (Lipinski definition) is 2. The Bertz CT molecular complexity index is 6.00. The SMILES string of the molecule is [Mg+2].[O-]C[O-]. The van der Waals surface area contributed by atoms with Gasteiger partial charge in [-0.3, -0.25) is 0 Å². The fourth-order valence-electron chi connectivity index (χ4n) is 0. The minimum atomic E-state index is -1.25. The molecule has 0 bridgehead atoms. The minimum absolute atomic E-state index is 0. The van der Waals surface area contributed by atoms with Gasteiger partial charge < -0.3 is 10.2 Å². The van der Waals surface area contributed by atoms with Gasteiger partial charge in [0.05, 0.1) is 0 Å². The van der Waals surface area contributed by atoms with Crippen molar-refractivity contribution in [3.8, 4) is 0 Å². The van der Waals surface area contributed by atoms with E-state index in [4.69, 9.17) is 10.2 Å². The van der Waals surface area contributed by atoms with Crippen LogP contribution in [0.3, 0.4) is 0 Å². The number of rotatable bonds is 0. The van der Waals surface area contributed by atoms with Gasteiger partial charge in [-0.05, 0) is 0 Å². The van der Waals surface area contributed by atoms with Crippen LogP contribution in [0.4, 0.5) is 0 Å². The van der Waals surface area contributed by atoms with Gasteiger partial charge in [0.2, 0.25) is 0 Å². The van der Waals surface area contributed by atoms with E-state index in [2.05, 4.69) is 0 Å². The van der Waals surface area contributed by atoms with E-state index >= 15 is 0 Å². The first-order valence-corrected chi connectivity index (χ1v) is 0.577. The van der Waals surface area contributed by atoms with Crippen molar-refractivity contribution in [3.63, 3.8) is 0 Å². The second-order valence-corrected chi connectivity index (χ2v) is 0.118. The summed E-state index contributed by atoms with van der Waals surface area (Å²) in [6.45, 7) is -1.25. The van der Waals surface area contributed by atoms with Crippen molar-refractivity contribution in [3.05, 3.63) is 0 Å². The summed E-state index contributed by atoms with van der Waals surface area (Å²) in [7, 11) is 0. The van der Waals surface area contributed by atoms with Crippen LogP contribution in [-0.4, -0.2) is 29.8 Å². The predicted molar refractivity (Wildman–Crippen MR) is 10.6 cm³/mol. The second kappa shape index (κ2) is 9.35. The molecule has 0 heterocycles. The topological polar surface area (TPSA) is 46.1 Å².